The highest BCUT2D eigenvalue weighted by molar-refractivity contribution is 7.09. The minimum absolute atomic E-state index is 0.195. The molecule has 2 aromatic rings. The molecule has 1 fully saturated rings. The summed E-state index contributed by atoms with van der Waals surface area (Å²) in [5.74, 6) is -0.170. The van der Waals surface area contributed by atoms with Gasteiger partial charge in [0.25, 0.3) is 5.91 Å². The molecule has 0 saturated heterocycles. The standard InChI is InChI=1S/C21H28N2O3S/c1-14-7-4-5-9-19(14)22-20(24)13-26-21(25)18-11-15(2)23(16(18)3)12-17-8-6-10-27-17/h6,8,10-11,14,19H,4-5,7,9,12-13H2,1-3H3,(H,22,24)/t14-,19+/m1/s1. The number of amides is 1. The van der Waals surface area contributed by atoms with E-state index in [1.165, 1.54) is 11.3 Å². The second kappa shape index (κ2) is 8.74. The van der Waals surface area contributed by atoms with Crippen LogP contribution in [0.3, 0.4) is 0 Å². The summed E-state index contributed by atoms with van der Waals surface area (Å²) in [6, 6.07) is 6.14. The third kappa shape index (κ3) is 4.80. The van der Waals surface area contributed by atoms with Gasteiger partial charge in [0.15, 0.2) is 6.61 Å². The van der Waals surface area contributed by atoms with E-state index >= 15 is 0 Å². The predicted molar refractivity (Wildman–Crippen MR) is 107 cm³/mol. The van der Waals surface area contributed by atoms with Gasteiger partial charge in [0, 0.05) is 22.3 Å². The normalized spacial score (nSPS) is 19.7. The van der Waals surface area contributed by atoms with E-state index < -0.39 is 5.97 Å². The van der Waals surface area contributed by atoms with Gasteiger partial charge in [-0.15, -0.1) is 11.3 Å². The molecule has 1 aliphatic rings. The number of rotatable bonds is 6. The zero-order valence-electron chi connectivity index (χ0n) is 16.3. The van der Waals surface area contributed by atoms with Crippen molar-refractivity contribution in [2.24, 2.45) is 5.92 Å². The Morgan fingerprint density at radius 1 is 1.30 bits per heavy atom. The van der Waals surface area contributed by atoms with E-state index in [4.69, 9.17) is 4.74 Å². The van der Waals surface area contributed by atoms with E-state index in [0.29, 0.717) is 11.5 Å². The lowest BCUT2D eigenvalue weighted by molar-refractivity contribution is -0.125. The maximum absolute atomic E-state index is 12.5. The second-order valence-electron chi connectivity index (χ2n) is 7.46. The Hall–Kier alpha value is -2.08. The van der Waals surface area contributed by atoms with Crippen LogP contribution in [-0.2, 0) is 16.1 Å². The Labute approximate surface area is 164 Å². The molecular weight excluding hydrogens is 360 g/mol. The molecule has 0 radical (unpaired) electrons. The molecule has 0 aliphatic heterocycles. The summed E-state index contributed by atoms with van der Waals surface area (Å²) in [5, 5.41) is 5.06. The average Bonchev–Trinajstić information content (AvgIpc) is 3.25. The molecule has 6 heteroatoms. The van der Waals surface area contributed by atoms with Gasteiger partial charge in [-0.3, -0.25) is 4.79 Å². The van der Waals surface area contributed by atoms with Gasteiger partial charge in [-0.05, 0) is 50.1 Å². The number of thiophene rings is 1. The number of carbonyl (C=O) groups is 2. The van der Waals surface area contributed by atoms with Gasteiger partial charge in [-0.2, -0.15) is 0 Å². The second-order valence-corrected chi connectivity index (χ2v) is 8.49. The van der Waals surface area contributed by atoms with E-state index in [9.17, 15) is 9.59 Å². The van der Waals surface area contributed by atoms with Crippen LogP contribution in [0.15, 0.2) is 23.6 Å². The third-order valence-electron chi connectivity index (χ3n) is 5.48. The Bertz CT molecular complexity index is 795. The number of nitrogens with one attached hydrogen (secondary N) is 1. The molecule has 1 N–H and O–H groups in total. The number of esters is 1. The SMILES string of the molecule is Cc1cc(C(=O)OCC(=O)N[C@H]2CCCC[C@H]2C)c(C)n1Cc1cccs1. The van der Waals surface area contributed by atoms with Crippen LogP contribution in [-0.4, -0.2) is 29.1 Å². The van der Waals surface area contributed by atoms with Crippen molar-refractivity contribution >= 4 is 23.2 Å². The van der Waals surface area contributed by atoms with Crippen molar-refractivity contribution in [1.82, 2.24) is 9.88 Å². The molecule has 1 aliphatic carbocycles. The quantitative estimate of drug-likeness (QED) is 0.759. The van der Waals surface area contributed by atoms with Crippen LogP contribution >= 0.6 is 11.3 Å². The largest absolute Gasteiger partial charge is 0.452 e. The highest BCUT2D eigenvalue weighted by atomic mass is 32.1. The van der Waals surface area contributed by atoms with Crippen molar-refractivity contribution in [2.75, 3.05) is 6.61 Å². The van der Waals surface area contributed by atoms with E-state index in [2.05, 4.69) is 22.9 Å². The van der Waals surface area contributed by atoms with Gasteiger partial charge >= 0.3 is 5.97 Å². The Morgan fingerprint density at radius 3 is 2.78 bits per heavy atom. The van der Waals surface area contributed by atoms with Crippen LogP contribution in [0.1, 0.15) is 59.2 Å². The van der Waals surface area contributed by atoms with Crippen LogP contribution in [0.4, 0.5) is 0 Å². The number of aromatic nitrogens is 1. The lowest BCUT2D eigenvalue weighted by Crippen LogP contribution is -2.42. The molecule has 27 heavy (non-hydrogen) atoms. The van der Waals surface area contributed by atoms with Crippen molar-refractivity contribution in [3.8, 4) is 0 Å². The molecule has 0 bridgehead atoms. The van der Waals surface area contributed by atoms with Crippen molar-refractivity contribution < 1.29 is 14.3 Å². The zero-order valence-corrected chi connectivity index (χ0v) is 17.1. The fraction of sp³-hybridized carbons (Fsp3) is 0.524. The number of hydrogen-bond donors (Lipinski definition) is 1. The summed E-state index contributed by atoms with van der Waals surface area (Å²) in [6.07, 6.45) is 4.51. The van der Waals surface area contributed by atoms with Crippen molar-refractivity contribution in [1.29, 1.82) is 0 Å². The molecule has 2 heterocycles. The smallest absolute Gasteiger partial charge is 0.340 e. The molecule has 2 atom stereocenters. The van der Waals surface area contributed by atoms with Gasteiger partial charge in [0.05, 0.1) is 12.1 Å². The van der Waals surface area contributed by atoms with Gasteiger partial charge in [0.2, 0.25) is 0 Å². The Kier molecular flexibility index (Phi) is 6.37. The van der Waals surface area contributed by atoms with Crippen molar-refractivity contribution in [2.45, 2.75) is 59.0 Å². The third-order valence-corrected chi connectivity index (χ3v) is 6.34. The van der Waals surface area contributed by atoms with Crippen LogP contribution in [0, 0.1) is 19.8 Å². The first kappa shape index (κ1) is 19.7. The lowest BCUT2D eigenvalue weighted by atomic mass is 9.86. The molecule has 0 spiro atoms. The van der Waals surface area contributed by atoms with Crippen molar-refractivity contribution in [3.05, 3.63) is 45.4 Å². The summed E-state index contributed by atoms with van der Waals surface area (Å²) >= 11 is 1.69. The molecule has 1 amide bonds. The minimum atomic E-state index is -0.438. The number of hydrogen-bond acceptors (Lipinski definition) is 4. The van der Waals surface area contributed by atoms with E-state index in [1.807, 2.05) is 31.4 Å². The maximum atomic E-state index is 12.5. The van der Waals surface area contributed by atoms with Crippen molar-refractivity contribution in [3.63, 3.8) is 0 Å². The molecule has 2 aromatic heterocycles. The van der Waals surface area contributed by atoms with Gasteiger partial charge in [-0.1, -0.05) is 25.8 Å². The first-order valence-corrected chi connectivity index (χ1v) is 10.5. The van der Waals surface area contributed by atoms with E-state index in [-0.39, 0.29) is 18.6 Å². The first-order chi connectivity index (χ1) is 13.0. The van der Waals surface area contributed by atoms with Gasteiger partial charge in [-0.25, -0.2) is 4.79 Å². The first-order valence-electron chi connectivity index (χ1n) is 9.61. The Balaban J connectivity index is 1.57. The lowest BCUT2D eigenvalue weighted by Gasteiger charge is -2.29. The van der Waals surface area contributed by atoms with Crippen LogP contribution < -0.4 is 5.32 Å². The molecule has 0 aromatic carbocycles. The molecule has 3 rings (SSSR count). The van der Waals surface area contributed by atoms with E-state index in [0.717, 1.165) is 37.2 Å². The molecule has 5 nitrogen and oxygen atoms in total. The minimum Gasteiger partial charge on any atom is -0.452 e. The van der Waals surface area contributed by atoms with Gasteiger partial charge in [0.1, 0.15) is 0 Å². The van der Waals surface area contributed by atoms with Crippen LogP contribution in [0.5, 0.6) is 0 Å². The fourth-order valence-electron chi connectivity index (χ4n) is 3.80. The maximum Gasteiger partial charge on any atom is 0.340 e. The molecule has 146 valence electrons. The summed E-state index contributed by atoms with van der Waals surface area (Å²) in [6.45, 7) is 6.58. The summed E-state index contributed by atoms with van der Waals surface area (Å²) < 4.78 is 7.39. The highest BCUT2D eigenvalue weighted by Gasteiger charge is 2.24. The average molecular weight is 389 g/mol. The predicted octanol–water partition coefficient (Wildman–Crippen LogP) is 4.07. The zero-order chi connectivity index (χ0) is 19.4. The monoisotopic (exact) mass is 388 g/mol. The number of ether oxygens (including phenoxy) is 1. The Morgan fingerprint density at radius 2 is 2.07 bits per heavy atom. The number of carbonyl (C=O) groups excluding carboxylic acids is 2. The van der Waals surface area contributed by atoms with Crippen LogP contribution in [0.2, 0.25) is 0 Å². The number of nitrogens with zero attached hydrogens (tertiary/aromatic N) is 1. The fourth-order valence-corrected chi connectivity index (χ4v) is 4.49. The number of aryl methyl sites for hydroxylation is 1. The highest BCUT2D eigenvalue weighted by Crippen LogP contribution is 2.24. The molecular formula is C21H28N2O3S. The summed E-state index contributed by atoms with van der Waals surface area (Å²) in [7, 11) is 0. The summed E-state index contributed by atoms with van der Waals surface area (Å²) in [5.41, 5.74) is 2.41. The van der Waals surface area contributed by atoms with E-state index in [1.54, 1.807) is 11.3 Å². The summed E-state index contributed by atoms with van der Waals surface area (Å²) in [4.78, 5) is 25.9. The molecule has 0 unspecified atom stereocenters. The topological polar surface area (TPSA) is 60.3 Å². The molecule has 1 saturated carbocycles. The van der Waals surface area contributed by atoms with Gasteiger partial charge < -0.3 is 14.6 Å². The van der Waals surface area contributed by atoms with Crippen LogP contribution in [0.25, 0.3) is 0 Å².